The number of likely N-dealkylation sites (tertiary alicyclic amines) is 1. The highest BCUT2D eigenvalue weighted by Gasteiger charge is 2.16. The molecular formula is C15H31ClN2O. The molecule has 4 heteroatoms. The topological polar surface area (TPSA) is 32.3 Å². The van der Waals surface area contributed by atoms with Gasteiger partial charge in [0.2, 0.25) is 5.91 Å². The van der Waals surface area contributed by atoms with Crippen molar-refractivity contribution in [2.24, 2.45) is 5.92 Å². The van der Waals surface area contributed by atoms with Gasteiger partial charge in [0.15, 0.2) is 0 Å². The number of amides is 1. The molecule has 1 N–H and O–H groups in total. The Kier molecular flexibility index (Phi) is 11.4. The first kappa shape index (κ1) is 18.7. The Bertz CT molecular complexity index is 224. The molecule has 0 aliphatic carbocycles. The zero-order valence-corrected chi connectivity index (χ0v) is 13.4. The number of hydrogen-bond acceptors (Lipinski definition) is 2. The molecule has 0 unspecified atom stereocenters. The van der Waals surface area contributed by atoms with Gasteiger partial charge in [-0.25, -0.2) is 0 Å². The number of piperidine rings is 1. The van der Waals surface area contributed by atoms with Gasteiger partial charge in [0.1, 0.15) is 0 Å². The summed E-state index contributed by atoms with van der Waals surface area (Å²) < 4.78 is 0. The molecule has 0 aromatic carbocycles. The van der Waals surface area contributed by atoms with Crippen molar-refractivity contribution < 1.29 is 4.79 Å². The van der Waals surface area contributed by atoms with Crippen LogP contribution in [0.1, 0.15) is 58.8 Å². The Morgan fingerprint density at radius 2 is 1.68 bits per heavy atom. The smallest absolute Gasteiger partial charge is 0.223 e. The van der Waals surface area contributed by atoms with Crippen molar-refractivity contribution in [1.29, 1.82) is 0 Å². The van der Waals surface area contributed by atoms with Gasteiger partial charge >= 0.3 is 0 Å². The monoisotopic (exact) mass is 290 g/mol. The standard InChI is InChI=1S/C15H30N2O.ClH/c1-3-8-14(9-4-2)15(18)16-10-13-17-11-6-5-7-12-17;/h14H,3-13H2,1-2H3,(H,16,18);1H. The summed E-state index contributed by atoms with van der Waals surface area (Å²) in [5.74, 6) is 0.511. The van der Waals surface area contributed by atoms with Gasteiger partial charge in [0.05, 0.1) is 0 Å². The zero-order chi connectivity index (χ0) is 13.2. The van der Waals surface area contributed by atoms with Gasteiger partial charge in [-0.05, 0) is 38.8 Å². The fraction of sp³-hybridized carbons (Fsp3) is 0.933. The van der Waals surface area contributed by atoms with E-state index < -0.39 is 0 Å². The molecule has 3 nitrogen and oxygen atoms in total. The number of halogens is 1. The fourth-order valence-electron chi connectivity index (χ4n) is 2.77. The van der Waals surface area contributed by atoms with Gasteiger partial charge < -0.3 is 10.2 Å². The Balaban J connectivity index is 0.00000324. The van der Waals surface area contributed by atoms with Crippen LogP contribution in [0.25, 0.3) is 0 Å². The SMILES string of the molecule is CCCC(CCC)C(=O)NCCN1CCCCC1.Cl. The molecule has 0 saturated carbocycles. The van der Waals surface area contributed by atoms with Crippen LogP contribution in [-0.2, 0) is 4.79 Å². The molecule has 0 spiro atoms. The van der Waals surface area contributed by atoms with Crippen molar-refractivity contribution in [2.75, 3.05) is 26.2 Å². The van der Waals surface area contributed by atoms with Crippen molar-refractivity contribution >= 4 is 18.3 Å². The summed E-state index contributed by atoms with van der Waals surface area (Å²) in [4.78, 5) is 14.5. The van der Waals surface area contributed by atoms with Crippen LogP contribution in [0.3, 0.4) is 0 Å². The van der Waals surface area contributed by atoms with E-state index in [9.17, 15) is 4.79 Å². The summed E-state index contributed by atoms with van der Waals surface area (Å²) >= 11 is 0. The van der Waals surface area contributed by atoms with Crippen LogP contribution < -0.4 is 5.32 Å². The first-order chi connectivity index (χ1) is 8.77. The molecule has 19 heavy (non-hydrogen) atoms. The van der Waals surface area contributed by atoms with Crippen molar-refractivity contribution in [3.8, 4) is 0 Å². The molecule has 114 valence electrons. The Hall–Kier alpha value is -0.280. The number of carbonyl (C=O) groups excluding carboxylic acids is 1. The summed E-state index contributed by atoms with van der Waals surface area (Å²) in [5.41, 5.74) is 0. The van der Waals surface area contributed by atoms with Crippen LogP contribution in [0.5, 0.6) is 0 Å². The number of rotatable bonds is 8. The predicted molar refractivity (Wildman–Crippen MR) is 83.9 cm³/mol. The van der Waals surface area contributed by atoms with Gasteiger partial charge in [-0.2, -0.15) is 0 Å². The van der Waals surface area contributed by atoms with E-state index in [0.717, 1.165) is 38.8 Å². The summed E-state index contributed by atoms with van der Waals surface area (Å²) in [5, 5.41) is 3.12. The van der Waals surface area contributed by atoms with E-state index in [1.807, 2.05) is 0 Å². The van der Waals surface area contributed by atoms with Crippen molar-refractivity contribution in [2.45, 2.75) is 58.8 Å². The van der Waals surface area contributed by atoms with Gasteiger partial charge in [-0.15, -0.1) is 12.4 Å². The van der Waals surface area contributed by atoms with Crippen molar-refractivity contribution in [1.82, 2.24) is 10.2 Å². The quantitative estimate of drug-likeness (QED) is 0.744. The minimum absolute atomic E-state index is 0. The van der Waals surface area contributed by atoms with Crippen LogP contribution in [0.4, 0.5) is 0 Å². The maximum Gasteiger partial charge on any atom is 0.223 e. The predicted octanol–water partition coefficient (Wildman–Crippen LogP) is 3.23. The minimum Gasteiger partial charge on any atom is -0.355 e. The third kappa shape index (κ3) is 7.78. The lowest BCUT2D eigenvalue weighted by atomic mass is 9.97. The molecule has 1 saturated heterocycles. The first-order valence-electron chi connectivity index (χ1n) is 7.78. The second-order valence-electron chi connectivity index (χ2n) is 5.47. The molecule has 1 amide bonds. The Morgan fingerprint density at radius 1 is 1.11 bits per heavy atom. The fourth-order valence-corrected chi connectivity index (χ4v) is 2.77. The van der Waals surface area contributed by atoms with Crippen LogP contribution in [0, 0.1) is 5.92 Å². The lowest BCUT2D eigenvalue weighted by Crippen LogP contribution is -2.39. The molecule has 1 fully saturated rings. The third-order valence-corrected chi connectivity index (χ3v) is 3.82. The van der Waals surface area contributed by atoms with Gasteiger partial charge in [-0.3, -0.25) is 4.79 Å². The maximum atomic E-state index is 12.0. The lowest BCUT2D eigenvalue weighted by molar-refractivity contribution is -0.125. The van der Waals surface area contributed by atoms with E-state index in [0.29, 0.717) is 0 Å². The Morgan fingerprint density at radius 3 is 2.21 bits per heavy atom. The zero-order valence-electron chi connectivity index (χ0n) is 12.6. The number of carbonyl (C=O) groups is 1. The molecule has 0 bridgehead atoms. The highest BCUT2D eigenvalue weighted by Crippen LogP contribution is 2.13. The van der Waals surface area contributed by atoms with E-state index >= 15 is 0 Å². The largest absolute Gasteiger partial charge is 0.355 e. The molecular weight excluding hydrogens is 260 g/mol. The average Bonchev–Trinajstić information content (AvgIpc) is 2.39. The van der Waals surface area contributed by atoms with E-state index in [1.165, 1.54) is 32.4 Å². The first-order valence-corrected chi connectivity index (χ1v) is 7.78. The molecule has 1 heterocycles. The van der Waals surface area contributed by atoms with Crippen LogP contribution in [0.15, 0.2) is 0 Å². The number of nitrogens with zero attached hydrogens (tertiary/aromatic N) is 1. The number of hydrogen-bond donors (Lipinski definition) is 1. The van der Waals surface area contributed by atoms with Gasteiger partial charge in [0.25, 0.3) is 0 Å². The van der Waals surface area contributed by atoms with E-state index in [4.69, 9.17) is 0 Å². The number of nitrogens with one attached hydrogen (secondary N) is 1. The molecule has 0 atom stereocenters. The normalized spacial score (nSPS) is 16.2. The van der Waals surface area contributed by atoms with Crippen molar-refractivity contribution in [3.05, 3.63) is 0 Å². The van der Waals surface area contributed by atoms with E-state index in [-0.39, 0.29) is 24.2 Å². The minimum atomic E-state index is 0. The molecule has 0 aromatic rings. The molecule has 1 aliphatic rings. The molecule has 0 aromatic heterocycles. The van der Waals surface area contributed by atoms with Crippen molar-refractivity contribution in [3.63, 3.8) is 0 Å². The van der Waals surface area contributed by atoms with Gasteiger partial charge in [-0.1, -0.05) is 33.1 Å². The highest BCUT2D eigenvalue weighted by atomic mass is 35.5. The highest BCUT2D eigenvalue weighted by molar-refractivity contribution is 5.85. The molecule has 0 radical (unpaired) electrons. The maximum absolute atomic E-state index is 12.0. The second kappa shape index (κ2) is 11.5. The summed E-state index contributed by atoms with van der Waals surface area (Å²) in [6.07, 6.45) is 8.28. The van der Waals surface area contributed by atoms with E-state index in [1.54, 1.807) is 0 Å². The summed E-state index contributed by atoms with van der Waals surface area (Å²) in [6.45, 7) is 8.58. The average molecular weight is 291 g/mol. The molecule has 1 rings (SSSR count). The van der Waals surface area contributed by atoms with Crippen LogP contribution >= 0.6 is 12.4 Å². The summed E-state index contributed by atoms with van der Waals surface area (Å²) in [7, 11) is 0. The molecule has 1 aliphatic heterocycles. The third-order valence-electron chi connectivity index (χ3n) is 3.82. The van der Waals surface area contributed by atoms with Crippen LogP contribution in [0.2, 0.25) is 0 Å². The lowest BCUT2D eigenvalue weighted by Gasteiger charge is -2.26. The van der Waals surface area contributed by atoms with Crippen LogP contribution in [-0.4, -0.2) is 37.0 Å². The summed E-state index contributed by atoms with van der Waals surface area (Å²) in [6, 6.07) is 0. The van der Waals surface area contributed by atoms with E-state index in [2.05, 4.69) is 24.1 Å². The Labute approximate surface area is 124 Å². The van der Waals surface area contributed by atoms with Gasteiger partial charge in [0, 0.05) is 19.0 Å². The second-order valence-corrected chi connectivity index (χ2v) is 5.47.